The molecule has 3 aromatic carbocycles. The monoisotopic (exact) mass is 542 g/mol. The van der Waals surface area contributed by atoms with Gasteiger partial charge in [0.1, 0.15) is 11.6 Å². The van der Waals surface area contributed by atoms with Gasteiger partial charge in [-0.05, 0) is 67.9 Å². The maximum atomic E-state index is 13.1. The predicted octanol–water partition coefficient (Wildman–Crippen LogP) is 5.22. The molecule has 9 nitrogen and oxygen atoms in total. The number of anilines is 3. The molecule has 0 radical (unpaired) electrons. The molecule has 40 heavy (non-hydrogen) atoms. The Labute approximate surface area is 232 Å². The molecule has 0 aliphatic carbocycles. The fourth-order valence-electron chi connectivity index (χ4n) is 4.51. The minimum absolute atomic E-state index is 0.291. The number of fused-ring (bicyclic) bond motifs is 1. The summed E-state index contributed by atoms with van der Waals surface area (Å²) < 4.78 is 18.3. The van der Waals surface area contributed by atoms with E-state index >= 15 is 0 Å². The van der Waals surface area contributed by atoms with E-state index in [9.17, 15) is 14.0 Å². The van der Waals surface area contributed by atoms with E-state index in [1.165, 1.54) is 24.3 Å². The quantitative estimate of drug-likeness (QED) is 0.330. The molecular formula is C30H31FN6O3. The van der Waals surface area contributed by atoms with Crippen molar-refractivity contribution in [2.75, 3.05) is 48.3 Å². The Morgan fingerprint density at radius 3 is 2.38 bits per heavy atom. The van der Waals surface area contributed by atoms with Crippen LogP contribution in [0, 0.1) is 12.7 Å². The molecule has 1 aliphatic heterocycles. The van der Waals surface area contributed by atoms with Crippen molar-refractivity contribution in [2.24, 2.45) is 0 Å². The van der Waals surface area contributed by atoms with E-state index in [-0.39, 0.29) is 17.8 Å². The van der Waals surface area contributed by atoms with Gasteiger partial charge in [-0.15, -0.1) is 0 Å². The third kappa shape index (κ3) is 6.28. The number of rotatable bonds is 7. The smallest absolute Gasteiger partial charge is 0.409 e. The molecule has 2 amide bonds. The minimum Gasteiger partial charge on any atom is -0.450 e. The van der Waals surface area contributed by atoms with E-state index in [0.717, 1.165) is 27.8 Å². The van der Waals surface area contributed by atoms with Crippen LogP contribution in [-0.4, -0.2) is 59.7 Å². The molecule has 0 bridgehead atoms. The average molecular weight is 543 g/mol. The Hall–Kier alpha value is -4.73. The van der Waals surface area contributed by atoms with Crippen LogP contribution in [0.15, 0.2) is 66.7 Å². The summed E-state index contributed by atoms with van der Waals surface area (Å²) in [6.07, 6.45) is -0.291. The highest BCUT2D eigenvalue weighted by molar-refractivity contribution is 6.04. The number of aromatic nitrogens is 2. The zero-order valence-electron chi connectivity index (χ0n) is 22.5. The second kappa shape index (κ2) is 12.0. The number of hydrogen-bond acceptors (Lipinski definition) is 7. The topological polar surface area (TPSA) is 99.7 Å². The van der Waals surface area contributed by atoms with E-state index < -0.39 is 0 Å². The van der Waals surface area contributed by atoms with E-state index in [1.54, 1.807) is 11.8 Å². The van der Waals surface area contributed by atoms with Crippen molar-refractivity contribution in [3.05, 3.63) is 89.2 Å². The van der Waals surface area contributed by atoms with Gasteiger partial charge in [0.15, 0.2) is 0 Å². The van der Waals surface area contributed by atoms with Gasteiger partial charge in [-0.3, -0.25) is 4.79 Å². The second-order valence-corrected chi connectivity index (χ2v) is 9.58. The summed E-state index contributed by atoms with van der Waals surface area (Å²) in [6.45, 7) is 7.01. The van der Waals surface area contributed by atoms with E-state index in [4.69, 9.17) is 14.7 Å². The molecule has 1 fully saturated rings. The minimum atomic E-state index is -0.385. The van der Waals surface area contributed by atoms with E-state index in [0.29, 0.717) is 56.5 Å². The molecule has 10 heteroatoms. The first-order valence-corrected chi connectivity index (χ1v) is 13.2. The lowest BCUT2D eigenvalue weighted by molar-refractivity contribution is 0.102. The van der Waals surface area contributed by atoms with Crippen molar-refractivity contribution in [3.63, 3.8) is 0 Å². The standard InChI is InChI=1S/C30H31FN6O3/c1-3-40-30(39)37-16-14-36(15-17-37)29-34-26-13-4-20(2)18-25(26)27(35-29)32-19-21-5-11-24(12-6-21)33-28(38)22-7-9-23(31)10-8-22/h4-13,18H,3,14-17,19H2,1-2H3,(H,33,38)(H,32,34,35). The number of carbonyl (C=O) groups excluding carboxylic acids is 2. The number of halogens is 1. The Kier molecular flexibility index (Phi) is 8.04. The van der Waals surface area contributed by atoms with Crippen LogP contribution in [0.3, 0.4) is 0 Å². The fraction of sp³-hybridized carbons (Fsp3) is 0.267. The van der Waals surface area contributed by atoms with Crippen LogP contribution in [0.25, 0.3) is 10.9 Å². The van der Waals surface area contributed by atoms with Gasteiger partial charge in [0.05, 0.1) is 12.1 Å². The Bertz CT molecular complexity index is 1500. The molecule has 0 saturated carbocycles. The number of piperazine rings is 1. The number of ether oxygens (including phenoxy) is 1. The normalized spacial score (nSPS) is 13.3. The fourth-order valence-corrected chi connectivity index (χ4v) is 4.51. The van der Waals surface area contributed by atoms with Crippen molar-refractivity contribution in [1.82, 2.24) is 14.9 Å². The summed E-state index contributed by atoms with van der Waals surface area (Å²) in [7, 11) is 0. The maximum absolute atomic E-state index is 13.1. The third-order valence-electron chi connectivity index (χ3n) is 6.71. The summed E-state index contributed by atoms with van der Waals surface area (Å²) in [5.74, 6) is 0.652. The van der Waals surface area contributed by atoms with Gasteiger partial charge in [-0.25, -0.2) is 14.2 Å². The van der Waals surface area contributed by atoms with Crippen LogP contribution in [0.2, 0.25) is 0 Å². The van der Waals surface area contributed by atoms with Crippen molar-refractivity contribution in [3.8, 4) is 0 Å². The third-order valence-corrected chi connectivity index (χ3v) is 6.71. The second-order valence-electron chi connectivity index (χ2n) is 9.58. The lowest BCUT2D eigenvalue weighted by Crippen LogP contribution is -2.49. The van der Waals surface area contributed by atoms with Crippen molar-refractivity contribution < 1.29 is 18.7 Å². The molecule has 2 N–H and O–H groups in total. The molecule has 0 atom stereocenters. The van der Waals surface area contributed by atoms with Crippen LogP contribution < -0.4 is 15.5 Å². The SMILES string of the molecule is CCOC(=O)N1CCN(c2nc(NCc3ccc(NC(=O)c4ccc(F)cc4)cc3)c3cc(C)ccc3n2)CC1. The van der Waals surface area contributed by atoms with Crippen LogP contribution in [0.1, 0.15) is 28.4 Å². The first kappa shape index (κ1) is 26.9. The summed E-state index contributed by atoms with van der Waals surface area (Å²) in [5.41, 5.74) is 3.98. The summed E-state index contributed by atoms with van der Waals surface area (Å²) >= 11 is 0. The molecule has 2 heterocycles. The van der Waals surface area contributed by atoms with Gasteiger partial charge in [0.25, 0.3) is 5.91 Å². The van der Waals surface area contributed by atoms with Crippen LogP contribution in [-0.2, 0) is 11.3 Å². The zero-order valence-corrected chi connectivity index (χ0v) is 22.5. The number of benzene rings is 3. The lowest BCUT2D eigenvalue weighted by Gasteiger charge is -2.34. The molecule has 206 valence electrons. The first-order valence-electron chi connectivity index (χ1n) is 13.2. The summed E-state index contributed by atoms with van der Waals surface area (Å²) in [5, 5.41) is 7.22. The molecule has 5 rings (SSSR count). The van der Waals surface area contributed by atoms with Crippen LogP contribution in [0.4, 0.5) is 26.6 Å². The molecule has 4 aromatic rings. The van der Waals surface area contributed by atoms with Crippen molar-refractivity contribution >= 4 is 40.4 Å². The van der Waals surface area contributed by atoms with Crippen LogP contribution in [0.5, 0.6) is 0 Å². The van der Waals surface area contributed by atoms with Gasteiger partial charge in [-0.2, -0.15) is 4.98 Å². The van der Waals surface area contributed by atoms with Crippen molar-refractivity contribution in [1.29, 1.82) is 0 Å². The van der Waals surface area contributed by atoms with Gasteiger partial charge in [0.2, 0.25) is 5.95 Å². The summed E-state index contributed by atoms with van der Waals surface area (Å²) in [4.78, 5) is 38.0. The Morgan fingerprint density at radius 1 is 0.950 bits per heavy atom. The highest BCUT2D eigenvalue weighted by Crippen LogP contribution is 2.26. The molecule has 0 unspecified atom stereocenters. The Balaban J connectivity index is 1.28. The zero-order chi connectivity index (χ0) is 28.1. The number of nitrogens with zero attached hydrogens (tertiary/aromatic N) is 4. The maximum Gasteiger partial charge on any atom is 0.409 e. The largest absolute Gasteiger partial charge is 0.450 e. The Morgan fingerprint density at radius 2 is 1.68 bits per heavy atom. The predicted molar refractivity (Wildman–Crippen MR) is 153 cm³/mol. The molecule has 0 spiro atoms. The number of aryl methyl sites for hydroxylation is 1. The van der Waals surface area contributed by atoms with E-state index in [2.05, 4.69) is 21.6 Å². The highest BCUT2D eigenvalue weighted by Gasteiger charge is 2.24. The lowest BCUT2D eigenvalue weighted by atomic mass is 10.1. The van der Waals surface area contributed by atoms with Crippen molar-refractivity contribution in [2.45, 2.75) is 20.4 Å². The number of nitrogens with one attached hydrogen (secondary N) is 2. The van der Waals surface area contributed by atoms with Crippen LogP contribution >= 0.6 is 0 Å². The van der Waals surface area contributed by atoms with Gasteiger partial charge >= 0.3 is 6.09 Å². The number of carbonyl (C=O) groups is 2. The molecule has 1 aliphatic rings. The molecule has 1 saturated heterocycles. The van der Waals surface area contributed by atoms with Gasteiger partial charge in [-0.1, -0.05) is 23.8 Å². The van der Waals surface area contributed by atoms with Gasteiger partial charge < -0.3 is 25.2 Å². The summed E-state index contributed by atoms with van der Waals surface area (Å²) in [6, 6.07) is 19.0. The number of hydrogen-bond donors (Lipinski definition) is 2. The molecule has 1 aromatic heterocycles. The van der Waals surface area contributed by atoms with Gasteiger partial charge in [0, 0.05) is 49.4 Å². The highest BCUT2D eigenvalue weighted by atomic mass is 19.1. The average Bonchev–Trinajstić information content (AvgIpc) is 2.97. The molecular weight excluding hydrogens is 511 g/mol. The number of amides is 2. The van der Waals surface area contributed by atoms with E-state index in [1.807, 2.05) is 43.3 Å². The first-order chi connectivity index (χ1) is 19.4.